The topological polar surface area (TPSA) is 82.2 Å². The summed E-state index contributed by atoms with van der Waals surface area (Å²) >= 11 is 0. The number of hydrogen-bond donors (Lipinski definition) is 3. The number of hydrogen-bond acceptors (Lipinski definition) is 2. The van der Waals surface area contributed by atoms with Crippen molar-refractivity contribution in [2.24, 2.45) is 0 Å². The molecule has 0 radical (unpaired) electrons. The van der Waals surface area contributed by atoms with Crippen molar-refractivity contribution >= 4 is 17.6 Å². The first kappa shape index (κ1) is 16.3. The van der Waals surface area contributed by atoms with E-state index in [9.17, 15) is 9.59 Å². The summed E-state index contributed by atoms with van der Waals surface area (Å²) in [6.07, 6.45) is 8.70. The zero-order valence-corrected chi connectivity index (χ0v) is 12.3. The average molecular weight is 280 g/mol. The molecule has 0 aromatic carbocycles. The van der Waals surface area contributed by atoms with Crippen molar-refractivity contribution in [3.8, 4) is 0 Å². The number of carboxylic acids is 1. The van der Waals surface area contributed by atoms with Crippen molar-refractivity contribution in [3.63, 3.8) is 0 Å². The normalized spacial score (nSPS) is 10.5. The molecule has 0 saturated carbocycles. The van der Waals surface area contributed by atoms with E-state index in [1.165, 1.54) is 25.5 Å². The third-order valence-corrected chi connectivity index (χ3v) is 3.32. The van der Waals surface area contributed by atoms with Gasteiger partial charge in [-0.15, -0.1) is 0 Å². The summed E-state index contributed by atoms with van der Waals surface area (Å²) in [6.45, 7) is 3.85. The van der Waals surface area contributed by atoms with E-state index in [1.807, 2.05) is 0 Å². The van der Waals surface area contributed by atoms with Crippen LogP contribution < -0.4 is 5.32 Å². The van der Waals surface area contributed by atoms with Gasteiger partial charge in [0.2, 0.25) is 5.91 Å². The quantitative estimate of drug-likeness (QED) is 0.603. The monoisotopic (exact) mass is 280 g/mol. The zero-order chi connectivity index (χ0) is 15.0. The van der Waals surface area contributed by atoms with Crippen molar-refractivity contribution in [2.45, 2.75) is 58.8 Å². The van der Waals surface area contributed by atoms with Crippen molar-refractivity contribution in [1.82, 2.24) is 4.98 Å². The number of aromatic carboxylic acids is 1. The number of unbranched alkanes of at least 4 members (excludes halogenated alkanes) is 5. The number of aryl methyl sites for hydroxylation is 1. The minimum atomic E-state index is -1.03. The molecule has 112 valence electrons. The van der Waals surface area contributed by atoms with Crippen LogP contribution in [-0.2, 0) is 4.79 Å². The molecule has 0 aliphatic carbocycles. The van der Waals surface area contributed by atoms with Gasteiger partial charge in [-0.3, -0.25) is 4.79 Å². The number of nitrogens with one attached hydrogen (secondary N) is 2. The van der Waals surface area contributed by atoms with Gasteiger partial charge in [0.25, 0.3) is 0 Å². The predicted octanol–water partition coefficient (Wildman–Crippen LogP) is 3.71. The summed E-state index contributed by atoms with van der Waals surface area (Å²) in [4.78, 5) is 25.7. The zero-order valence-electron chi connectivity index (χ0n) is 12.3. The van der Waals surface area contributed by atoms with Crippen LogP contribution in [0.5, 0.6) is 0 Å². The fourth-order valence-corrected chi connectivity index (χ4v) is 2.18. The fraction of sp³-hybridized carbons (Fsp3) is 0.600. The van der Waals surface area contributed by atoms with Crippen LogP contribution >= 0.6 is 0 Å². The van der Waals surface area contributed by atoms with Crippen LogP contribution in [0.1, 0.15) is 67.9 Å². The molecule has 1 aromatic rings. The first-order chi connectivity index (χ1) is 9.56. The number of aromatic amines is 1. The highest BCUT2D eigenvalue weighted by molar-refractivity contribution is 6.01. The first-order valence-corrected chi connectivity index (χ1v) is 7.27. The Labute approximate surface area is 119 Å². The molecule has 5 nitrogen and oxygen atoms in total. The number of aromatic nitrogens is 1. The number of carbonyl (C=O) groups is 2. The third-order valence-electron chi connectivity index (χ3n) is 3.32. The second kappa shape index (κ2) is 8.40. The maximum Gasteiger partial charge on any atom is 0.339 e. The van der Waals surface area contributed by atoms with Crippen LogP contribution in [0.4, 0.5) is 5.69 Å². The SMILES string of the molecule is CCCCCCCCC(=O)Nc1c[nH]c(C)c1C(=O)O. The van der Waals surface area contributed by atoms with Crippen molar-refractivity contribution in [1.29, 1.82) is 0 Å². The van der Waals surface area contributed by atoms with Crippen molar-refractivity contribution in [3.05, 3.63) is 17.5 Å². The fourth-order valence-electron chi connectivity index (χ4n) is 2.18. The standard InChI is InChI=1S/C15H24N2O3/c1-3-4-5-6-7-8-9-13(18)17-12-10-16-11(2)14(12)15(19)20/h10,16H,3-9H2,1-2H3,(H,17,18)(H,19,20). The molecule has 20 heavy (non-hydrogen) atoms. The van der Waals surface area contributed by atoms with Gasteiger partial charge in [0.1, 0.15) is 5.56 Å². The van der Waals surface area contributed by atoms with Crippen molar-refractivity contribution < 1.29 is 14.7 Å². The Hall–Kier alpha value is -1.78. The maximum atomic E-state index is 11.8. The van der Waals surface area contributed by atoms with Crippen LogP contribution in [0.15, 0.2) is 6.20 Å². The Bertz CT molecular complexity index is 452. The average Bonchev–Trinajstić information content (AvgIpc) is 2.74. The Morgan fingerprint density at radius 2 is 1.85 bits per heavy atom. The summed E-state index contributed by atoms with van der Waals surface area (Å²) in [5, 5.41) is 11.7. The number of rotatable bonds is 9. The largest absolute Gasteiger partial charge is 0.478 e. The van der Waals surface area contributed by atoms with Gasteiger partial charge in [-0.05, 0) is 13.3 Å². The Kier molecular flexibility index (Phi) is 6.84. The highest BCUT2D eigenvalue weighted by Gasteiger charge is 2.16. The van der Waals surface area contributed by atoms with Gasteiger partial charge in [0.05, 0.1) is 5.69 Å². The number of anilines is 1. The molecule has 1 amide bonds. The molecule has 0 spiro atoms. The Morgan fingerprint density at radius 3 is 2.50 bits per heavy atom. The van der Waals surface area contributed by atoms with Crippen LogP contribution in [0.2, 0.25) is 0 Å². The summed E-state index contributed by atoms with van der Waals surface area (Å²) in [6, 6.07) is 0. The van der Waals surface area contributed by atoms with Gasteiger partial charge in [0.15, 0.2) is 0 Å². The molecular formula is C15H24N2O3. The molecule has 0 aliphatic heterocycles. The lowest BCUT2D eigenvalue weighted by molar-refractivity contribution is -0.116. The molecular weight excluding hydrogens is 256 g/mol. The van der Waals surface area contributed by atoms with Crippen LogP contribution in [0, 0.1) is 6.92 Å². The van der Waals surface area contributed by atoms with E-state index in [2.05, 4.69) is 17.2 Å². The van der Waals surface area contributed by atoms with Crippen LogP contribution in [0.25, 0.3) is 0 Å². The Balaban J connectivity index is 2.34. The Morgan fingerprint density at radius 1 is 1.20 bits per heavy atom. The lowest BCUT2D eigenvalue weighted by atomic mass is 10.1. The number of carbonyl (C=O) groups excluding carboxylic acids is 1. The number of H-pyrrole nitrogens is 1. The van der Waals surface area contributed by atoms with Gasteiger partial charge in [0, 0.05) is 18.3 Å². The number of amides is 1. The molecule has 3 N–H and O–H groups in total. The van der Waals surface area contributed by atoms with Crippen LogP contribution in [0.3, 0.4) is 0 Å². The van der Waals surface area contributed by atoms with E-state index in [0.717, 1.165) is 19.3 Å². The highest BCUT2D eigenvalue weighted by atomic mass is 16.4. The molecule has 1 heterocycles. The second-order valence-corrected chi connectivity index (χ2v) is 5.07. The van der Waals surface area contributed by atoms with Crippen LogP contribution in [-0.4, -0.2) is 22.0 Å². The van der Waals surface area contributed by atoms with Gasteiger partial charge in [-0.2, -0.15) is 0 Å². The molecule has 0 unspecified atom stereocenters. The lowest BCUT2D eigenvalue weighted by Gasteiger charge is -2.05. The third kappa shape index (κ3) is 5.07. The molecule has 0 bridgehead atoms. The summed E-state index contributed by atoms with van der Waals surface area (Å²) in [5.41, 5.74) is 1.04. The number of carboxylic acid groups (broad SMARTS) is 1. The molecule has 0 saturated heterocycles. The first-order valence-electron chi connectivity index (χ1n) is 7.27. The van der Waals surface area contributed by atoms with E-state index < -0.39 is 5.97 Å². The minimum Gasteiger partial charge on any atom is -0.478 e. The van der Waals surface area contributed by atoms with Gasteiger partial charge in [-0.1, -0.05) is 39.0 Å². The summed E-state index contributed by atoms with van der Waals surface area (Å²) in [7, 11) is 0. The van der Waals surface area contributed by atoms with E-state index in [-0.39, 0.29) is 11.5 Å². The maximum absolute atomic E-state index is 11.8. The molecule has 0 aliphatic rings. The smallest absolute Gasteiger partial charge is 0.339 e. The lowest BCUT2D eigenvalue weighted by Crippen LogP contribution is -2.13. The molecule has 1 aromatic heterocycles. The molecule has 5 heteroatoms. The predicted molar refractivity (Wildman–Crippen MR) is 79.1 cm³/mol. The molecule has 0 fully saturated rings. The summed E-state index contributed by atoms with van der Waals surface area (Å²) < 4.78 is 0. The van der Waals surface area contributed by atoms with E-state index in [1.54, 1.807) is 6.92 Å². The highest BCUT2D eigenvalue weighted by Crippen LogP contribution is 2.19. The summed E-state index contributed by atoms with van der Waals surface area (Å²) in [5.74, 6) is -1.15. The molecule has 0 atom stereocenters. The molecule has 1 rings (SSSR count). The second-order valence-electron chi connectivity index (χ2n) is 5.07. The van der Waals surface area contributed by atoms with Crippen molar-refractivity contribution in [2.75, 3.05) is 5.32 Å². The van der Waals surface area contributed by atoms with Gasteiger partial charge in [-0.25, -0.2) is 4.79 Å². The van der Waals surface area contributed by atoms with Gasteiger partial charge < -0.3 is 15.4 Å². The van der Waals surface area contributed by atoms with Gasteiger partial charge >= 0.3 is 5.97 Å². The minimum absolute atomic E-state index is 0.123. The van der Waals surface area contributed by atoms with E-state index >= 15 is 0 Å². The van der Waals surface area contributed by atoms with E-state index in [4.69, 9.17) is 5.11 Å². The van der Waals surface area contributed by atoms with E-state index in [0.29, 0.717) is 17.8 Å².